The number of nitrogens with two attached hydrogens (primary N) is 1. The van der Waals surface area contributed by atoms with Crippen molar-refractivity contribution in [3.05, 3.63) is 17.6 Å². The number of ketones is 1. The van der Waals surface area contributed by atoms with Crippen molar-refractivity contribution in [3.8, 4) is 0 Å². The summed E-state index contributed by atoms with van der Waals surface area (Å²) in [6.45, 7) is 0. The molecule has 9 heavy (non-hydrogen) atoms. The van der Waals surface area contributed by atoms with Crippen LogP contribution in [-0.4, -0.2) is 15.8 Å². The van der Waals surface area contributed by atoms with E-state index in [0.29, 0.717) is 11.4 Å². The van der Waals surface area contributed by atoms with Gasteiger partial charge in [-0.05, 0) is 0 Å². The van der Waals surface area contributed by atoms with Crippen molar-refractivity contribution in [2.75, 3.05) is 5.73 Å². The summed E-state index contributed by atoms with van der Waals surface area (Å²) < 4.78 is 0. The molecule has 2 N–H and O–H groups in total. The lowest BCUT2D eigenvalue weighted by Crippen LogP contribution is -2.22. The van der Waals surface area contributed by atoms with Crippen molar-refractivity contribution < 1.29 is 4.79 Å². The van der Waals surface area contributed by atoms with Crippen molar-refractivity contribution in [1.29, 1.82) is 0 Å². The van der Waals surface area contributed by atoms with E-state index >= 15 is 0 Å². The Bertz CT molecular complexity index is 291. The highest BCUT2D eigenvalue weighted by Gasteiger charge is 2.26. The van der Waals surface area contributed by atoms with E-state index in [-0.39, 0.29) is 11.6 Å². The minimum atomic E-state index is -0.0810. The predicted molar refractivity (Wildman–Crippen MR) is 29.9 cm³/mol. The highest BCUT2D eigenvalue weighted by molar-refractivity contribution is 6.14. The van der Waals surface area contributed by atoms with Crippen LogP contribution in [0.1, 0.15) is 16.2 Å². The van der Waals surface area contributed by atoms with Crippen LogP contribution in [0.3, 0.4) is 0 Å². The van der Waals surface area contributed by atoms with E-state index in [1.807, 2.05) is 0 Å². The highest BCUT2D eigenvalue weighted by Crippen LogP contribution is 2.18. The molecule has 1 aromatic rings. The van der Waals surface area contributed by atoms with E-state index in [9.17, 15) is 4.79 Å². The second-order valence-electron chi connectivity index (χ2n) is 1.82. The second-order valence-corrected chi connectivity index (χ2v) is 1.82. The summed E-state index contributed by atoms with van der Waals surface area (Å²) in [4.78, 5) is 18.1. The van der Waals surface area contributed by atoms with Crippen LogP contribution in [0, 0.1) is 0 Å². The number of hydrogen-bond acceptors (Lipinski definition) is 4. The fourth-order valence-electron chi connectivity index (χ4n) is 0.743. The van der Waals surface area contributed by atoms with Crippen LogP contribution in [0.15, 0.2) is 6.20 Å². The molecule has 0 spiro atoms. The molecular weight excluding hydrogens is 118 g/mol. The van der Waals surface area contributed by atoms with Gasteiger partial charge in [0.15, 0.2) is 11.5 Å². The molecule has 0 aromatic carbocycles. The molecule has 0 saturated carbocycles. The average molecular weight is 121 g/mol. The summed E-state index contributed by atoms with van der Waals surface area (Å²) in [7, 11) is 0. The fraction of sp³-hybridized carbons (Fsp3) is 0. The molecule has 0 amide bonds. The summed E-state index contributed by atoms with van der Waals surface area (Å²) in [5, 5.41) is 0. The lowest BCUT2D eigenvalue weighted by molar-refractivity contribution is 0.100. The standard InChI is InChI=1S/C5H3N3O/c6-5-3-4(9)2(8-3)1-7-5/h1H,(H2,6,7,9). The Balaban J connectivity index is 2.78. The molecule has 0 aliphatic carbocycles. The van der Waals surface area contributed by atoms with Gasteiger partial charge in [0, 0.05) is 0 Å². The molecule has 44 valence electrons. The third kappa shape index (κ3) is 0.355. The second kappa shape index (κ2) is 1.10. The molecule has 2 bridgehead atoms. The smallest absolute Gasteiger partial charge is 0.235 e. The van der Waals surface area contributed by atoms with Gasteiger partial charge < -0.3 is 5.73 Å². The van der Waals surface area contributed by atoms with Crippen LogP contribution in [0.2, 0.25) is 0 Å². The van der Waals surface area contributed by atoms with Gasteiger partial charge in [0.2, 0.25) is 5.78 Å². The quantitative estimate of drug-likeness (QED) is 0.515. The summed E-state index contributed by atoms with van der Waals surface area (Å²) in [5.74, 6) is 0.150. The number of carbonyl (C=O) groups excluding carboxylic acids is 1. The first-order valence-corrected chi connectivity index (χ1v) is 2.46. The van der Waals surface area contributed by atoms with Gasteiger partial charge in [-0.15, -0.1) is 0 Å². The minimum Gasteiger partial charge on any atom is -0.382 e. The number of carbonyl (C=O) groups is 1. The number of fused-ring (bicyclic) bond motifs is 2. The zero-order valence-electron chi connectivity index (χ0n) is 4.46. The number of nitrogens with zero attached hydrogens (tertiary/aromatic N) is 2. The third-order valence-electron chi connectivity index (χ3n) is 1.25. The van der Waals surface area contributed by atoms with Crippen LogP contribution in [0.4, 0.5) is 5.82 Å². The van der Waals surface area contributed by atoms with Gasteiger partial charge in [0.05, 0.1) is 6.20 Å². The van der Waals surface area contributed by atoms with Gasteiger partial charge in [-0.1, -0.05) is 0 Å². The number of anilines is 1. The van der Waals surface area contributed by atoms with E-state index in [1.165, 1.54) is 6.20 Å². The Kier molecular flexibility index (Phi) is 0.541. The first kappa shape index (κ1) is 4.43. The maximum atomic E-state index is 10.7. The molecule has 1 aromatic heterocycles. The normalized spacial score (nSPS) is 13.1. The minimum absolute atomic E-state index is 0.0810. The molecule has 2 aliphatic heterocycles. The predicted octanol–water partition coefficient (Wildman–Crippen LogP) is -0.397. The monoisotopic (exact) mass is 121 g/mol. The van der Waals surface area contributed by atoms with Gasteiger partial charge in [0.25, 0.3) is 0 Å². The Morgan fingerprint density at radius 3 is 2.67 bits per heavy atom. The summed E-state index contributed by atoms with van der Waals surface area (Å²) in [6, 6.07) is 0. The Morgan fingerprint density at radius 2 is 2.33 bits per heavy atom. The van der Waals surface area contributed by atoms with Crippen LogP contribution in [0.25, 0.3) is 0 Å². The summed E-state index contributed by atoms with van der Waals surface area (Å²) in [5.41, 5.74) is 5.99. The Hall–Kier alpha value is -1.45. The van der Waals surface area contributed by atoms with Crippen molar-refractivity contribution in [2.24, 2.45) is 0 Å². The van der Waals surface area contributed by atoms with Crippen LogP contribution < -0.4 is 5.73 Å². The zero-order chi connectivity index (χ0) is 6.43. The maximum absolute atomic E-state index is 10.7. The topological polar surface area (TPSA) is 68.9 Å². The van der Waals surface area contributed by atoms with Crippen LogP contribution in [0.5, 0.6) is 0 Å². The molecule has 0 fully saturated rings. The van der Waals surface area contributed by atoms with Crippen molar-refractivity contribution in [2.45, 2.75) is 0 Å². The van der Waals surface area contributed by atoms with Crippen LogP contribution in [-0.2, 0) is 0 Å². The number of rotatable bonds is 0. The lowest BCUT2D eigenvalue weighted by Gasteiger charge is -2.10. The van der Waals surface area contributed by atoms with E-state index in [0.717, 1.165) is 0 Å². The van der Waals surface area contributed by atoms with Gasteiger partial charge in [-0.25, -0.2) is 9.97 Å². The van der Waals surface area contributed by atoms with Gasteiger partial charge in [0.1, 0.15) is 5.69 Å². The molecule has 4 heteroatoms. The summed E-state index contributed by atoms with van der Waals surface area (Å²) >= 11 is 0. The van der Waals surface area contributed by atoms with Gasteiger partial charge in [-0.2, -0.15) is 0 Å². The van der Waals surface area contributed by atoms with Crippen molar-refractivity contribution in [3.63, 3.8) is 0 Å². The fourth-order valence-corrected chi connectivity index (χ4v) is 0.743. The highest BCUT2D eigenvalue weighted by atomic mass is 16.1. The maximum Gasteiger partial charge on any atom is 0.235 e. The molecule has 3 rings (SSSR count). The van der Waals surface area contributed by atoms with E-state index in [2.05, 4.69) is 9.97 Å². The molecule has 0 saturated heterocycles. The van der Waals surface area contributed by atoms with E-state index in [1.54, 1.807) is 0 Å². The SMILES string of the molecule is Nc1ncc2nc1C2=O. The molecular formula is C5H3N3O. The van der Waals surface area contributed by atoms with Crippen LogP contribution >= 0.6 is 0 Å². The third-order valence-corrected chi connectivity index (χ3v) is 1.25. The van der Waals surface area contributed by atoms with Crippen molar-refractivity contribution in [1.82, 2.24) is 9.97 Å². The first-order valence-electron chi connectivity index (χ1n) is 2.46. The molecule has 0 unspecified atom stereocenters. The molecule has 0 radical (unpaired) electrons. The molecule has 4 nitrogen and oxygen atoms in total. The Labute approximate surface area is 50.7 Å². The first-order chi connectivity index (χ1) is 4.29. The number of nitrogen functional groups attached to an aromatic ring is 1. The largest absolute Gasteiger partial charge is 0.382 e. The summed E-state index contributed by atoms with van der Waals surface area (Å²) in [6.07, 6.45) is 1.38. The number of aromatic nitrogens is 2. The molecule has 3 heterocycles. The number of hydrogen-bond donors (Lipinski definition) is 1. The van der Waals surface area contributed by atoms with Gasteiger partial charge >= 0.3 is 0 Å². The average Bonchev–Trinajstić information content (AvgIpc) is 1.86. The molecule has 2 aliphatic rings. The lowest BCUT2D eigenvalue weighted by atomic mass is 10.1. The van der Waals surface area contributed by atoms with Crippen molar-refractivity contribution >= 4 is 11.6 Å². The molecule has 0 atom stereocenters. The zero-order valence-corrected chi connectivity index (χ0v) is 4.46. The Morgan fingerprint density at radius 1 is 1.56 bits per heavy atom. The van der Waals surface area contributed by atoms with Gasteiger partial charge in [-0.3, -0.25) is 4.79 Å². The van der Waals surface area contributed by atoms with E-state index < -0.39 is 0 Å². The van der Waals surface area contributed by atoms with E-state index in [4.69, 9.17) is 5.73 Å².